The highest BCUT2D eigenvalue weighted by Crippen LogP contribution is 2.32. The lowest BCUT2D eigenvalue weighted by Gasteiger charge is -2.10. The van der Waals surface area contributed by atoms with Gasteiger partial charge in [-0.2, -0.15) is 5.26 Å². The summed E-state index contributed by atoms with van der Waals surface area (Å²) in [6.45, 7) is 1.70. The second kappa shape index (κ2) is 4.11. The van der Waals surface area contributed by atoms with Gasteiger partial charge in [0.2, 0.25) is 0 Å². The number of aromatic nitrogens is 1. The van der Waals surface area contributed by atoms with E-state index in [9.17, 15) is 4.79 Å². The summed E-state index contributed by atoms with van der Waals surface area (Å²) in [6, 6.07) is 5.23. The highest BCUT2D eigenvalue weighted by atomic mass is 35.5. The molecule has 0 aliphatic heterocycles. The van der Waals surface area contributed by atoms with Crippen molar-refractivity contribution in [1.29, 1.82) is 5.26 Å². The van der Waals surface area contributed by atoms with Gasteiger partial charge < -0.3 is 9.72 Å². The van der Waals surface area contributed by atoms with E-state index in [2.05, 4.69) is 4.98 Å². The number of nitrogens with zero attached hydrogens (tertiary/aromatic N) is 1. The molecule has 0 unspecified atom stereocenters. The van der Waals surface area contributed by atoms with Crippen molar-refractivity contribution in [2.24, 2.45) is 0 Å². The first-order valence-corrected chi connectivity index (χ1v) is 5.27. The molecule has 5 heteroatoms. The number of nitrogens with one attached hydrogen (secondary N) is 1. The minimum absolute atomic E-state index is 0.0815. The van der Waals surface area contributed by atoms with Crippen molar-refractivity contribution >= 4 is 22.5 Å². The average Bonchev–Trinajstić information content (AvgIpc) is 2.31. The smallest absolute Gasteiger partial charge is 0.266 e. The van der Waals surface area contributed by atoms with Gasteiger partial charge in [-0.05, 0) is 24.6 Å². The van der Waals surface area contributed by atoms with Crippen LogP contribution in [0.15, 0.2) is 16.9 Å². The minimum Gasteiger partial charge on any atom is -0.496 e. The van der Waals surface area contributed by atoms with Crippen LogP contribution in [0.5, 0.6) is 5.75 Å². The summed E-state index contributed by atoms with van der Waals surface area (Å²) in [5.41, 5.74) is 0.712. The van der Waals surface area contributed by atoms with Crippen molar-refractivity contribution in [1.82, 2.24) is 4.98 Å². The Morgan fingerprint density at radius 3 is 2.76 bits per heavy atom. The molecule has 1 aromatic heterocycles. The zero-order chi connectivity index (χ0) is 12.6. The van der Waals surface area contributed by atoms with Gasteiger partial charge in [-0.1, -0.05) is 11.6 Å². The molecule has 86 valence electrons. The van der Waals surface area contributed by atoms with Crippen molar-refractivity contribution in [2.75, 3.05) is 7.11 Å². The van der Waals surface area contributed by atoms with Gasteiger partial charge in [0.25, 0.3) is 5.56 Å². The Hall–Kier alpha value is -1.99. The molecule has 0 saturated carbocycles. The molecule has 0 bridgehead atoms. The molecule has 1 heterocycles. The summed E-state index contributed by atoms with van der Waals surface area (Å²) >= 11 is 6.02. The number of fused-ring (bicyclic) bond motifs is 1. The van der Waals surface area contributed by atoms with Crippen molar-refractivity contribution in [2.45, 2.75) is 6.92 Å². The van der Waals surface area contributed by atoms with Gasteiger partial charge in [-0.15, -0.1) is 0 Å². The van der Waals surface area contributed by atoms with E-state index in [4.69, 9.17) is 21.6 Å². The molecule has 0 saturated heterocycles. The van der Waals surface area contributed by atoms with E-state index in [1.807, 2.05) is 6.07 Å². The van der Waals surface area contributed by atoms with Gasteiger partial charge in [0.05, 0.1) is 17.6 Å². The van der Waals surface area contributed by atoms with Crippen molar-refractivity contribution in [3.63, 3.8) is 0 Å². The predicted octanol–water partition coefficient (Wildman–Crippen LogP) is 2.37. The first-order chi connectivity index (χ1) is 8.10. The second-order valence-electron chi connectivity index (χ2n) is 3.57. The number of aromatic amines is 1. The fraction of sp³-hybridized carbons (Fsp3) is 0.167. The van der Waals surface area contributed by atoms with E-state index in [1.54, 1.807) is 19.1 Å². The third kappa shape index (κ3) is 1.65. The van der Waals surface area contributed by atoms with Crippen molar-refractivity contribution in [3.8, 4) is 11.8 Å². The Labute approximate surface area is 102 Å². The van der Waals surface area contributed by atoms with E-state index in [0.29, 0.717) is 27.2 Å². The Morgan fingerprint density at radius 2 is 2.18 bits per heavy atom. The van der Waals surface area contributed by atoms with E-state index < -0.39 is 5.56 Å². The number of halogens is 1. The Morgan fingerprint density at radius 1 is 1.47 bits per heavy atom. The van der Waals surface area contributed by atoms with Crippen LogP contribution in [0.4, 0.5) is 0 Å². The maximum Gasteiger partial charge on any atom is 0.266 e. The monoisotopic (exact) mass is 248 g/mol. The maximum atomic E-state index is 11.7. The van der Waals surface area contributed by atoms with Gasteiger partial charge in [-0.25, -0.2) is 0 Å². The summed E-state index contributed by atoms with van der Waals surface area (Å²) in [7, 11) is 1.53. The zero-order valence-corrected chi connectivity index (χ0v) is 10.1. The van der Waals surface area contributed by atoms with Gasteiger partial charge in [0.1, 0.15) is 17.4 Å². The fourth-order valence-electron chi connectivity index (χ4n) is 1.83. The third-order valence-electron chi connectivity index (χ3n) is 2.66. The number of H-pyrrole nitrogens is 1. The molecule has 4 nitrogen and oxygen atoms in total. The quantitative estimate of drug-likeness (QED) is 0.843. The molecule has 0 radical (unpaired) electrons. The third-order valence-corrected chi connectivity index (χ3v) is 2.98. The van der Waals surface area contributed by atoms with Crippen LogP contribution in [-0.4, -0.2) is 12.1 Å². The normalized spacial score (nSPS) is 10.2. The Balaban J connectivity index is 3.08. The standard InChI is InChI=1S/C12H9ClN2O2/c1-6-7(5-14)12(16)15-11-8(13)3-4-9(17-2)10(6)11/h3-4H,1-2H3,(H,15,16). The summed E-state index contributed by atoms with van der Waals surface area (Å²) in [5, 5.41) is 10.0. The highest BCUT2D eigenvalue weighted by molar-refractivity contribution is 6.35. The molecule has 0 spiro atoms. The molecule has 2 rings (SSSR count). The van der Waals surface area contributed by atoms with Crippen molar-refractivity contribution < 1.29 is 4.74 Å². The van der Waals surface area contributed by atoms with Crippen LogP contribution < -0.4 is 10.3 Å². The first kappa shape index (κ1) is 11.5. The van der Waals surface area contributed by atoms with E-state index in [1.165, 1.54) is 7.11 Å². The molecular weight excluding hydrogens is 240 g/mol. The van der Waals surface area contributed by atoms with Crippen molar-refractivity contribution in [3.05, 3.63) is 38.6 Å². The number of rotatable bonds is 1. The molecule has 0 aliphatic carbocycles. The molecule has 1 N–H and O–H groups in total. The fourth-order valence-corrected chi connectivity index (χ4v) is 2.03. The molecule has 2 aromatic rings. The lowest BCUT2D eigenvalue weighted by molar-refractivity contribution is 0.419. The van der Waals surface area contributed by atoms with Crippen LogP contribution in [0.1, 0.15) is 11.1 Å². The Bertz CT molecular complexity index is 698. The van der Waals surface area contributed by atoms with Crippen LogP contribution in [0.25, 0.3) is 10.9 Å². The van der Waals surface area contributed by atoms with E-state index in [-0.39, 0.29) is 5.56 Å². The molecule has 0 amide bonds. The maximum absolute atomic E-state index is 11.7. The van der Waals surface area contributed by atoms with Crippen LogP contribution in [0.2, 0.25) is 5.02 Å². The lowest BCUT2D eigenvalue weighted by Crippen LogP contribution is -2.12. The van der Waals surface area contributed by atoms with Gasteiger partial charge in [0.15, 0.2) is 0 Å². The van der Waals surface area contributed by atoms with Crippen LogP contribution in [-0.2, 0) is 0 Å². The van der Waals surface area contributed by atoms with Gasteiger partial charge >= 0.3 is 0 Å². The number of hydrogen-bond acceptors (Lipinski definition) is 3. The summed E-state index contributed by atoms with van der Waals surface area (Å²) < 4.78 is 5.21. The number of methoxy groups -OCH3 is 1. The molecule has 0 atom stereocenters. The number of ether oxygens (including phenoxy) is 1. The molecule has 17 heavy (non-hydrogen) atoms. The predicted molar refractivity (Wildman–Crippen MR) is 65.6 cm³/mol. The zero-order valence-electron chi connectivity index (χ0n) is 9.30. The second-order valence-corrected chi connectivity index (χ2v) is 3.97. The molecule has 0 fully saturated rings. The van der Waals surface area contributed by atoms with Crippen LogP contribution in [0, 0.1) is 18.3 Å². The number of pyridine rings is 1. The molecular formula is C12H9ClN2O2. The summed E-state index contributed by atoms with van der Waals surface area (Å²) in [5.74, 6) is 0.578. The lowest BCUT2D eigenvalue weighted by atomic mass is 10.0. The summed E-state index contributed by atoms with van der Waals surface area (Å²) in [6.07, 6.45) is 0. The van der Waals surface area contributed by atoms with E-state index >= 15 is 0 Å². The highest BCUT2D eigenvalue weighted by Gasteiger charge is 2.14. The number of hydrogen-bond donors (Lipinski definition) is 1. The minimum atomic E-state index is -0.437. The topological polar surface area (TPSA) is 65.9 Å². The largest absolute Gasteiger partial charge is 0.496 e. The van der Waals surface area contributed by atoms with E-state index in [0.717, 1.165) is 0 Å². The first-order valence-electron chi connectivity index (χ1n) is 4.89. The van der Waals surface area contributed by atoms with Crippen LogP contribution in [0.3, 0.4) is 0 Å². The Kier molecular flexibility index (Phi) is 2.78. The number of benzene rings is 1. The average molecular weight is 249 g/mol. The number of nitriles is 1. The SMILES string of the molecule is COc1ccc(Cl)c2[nH]c(=O)c(C#N)c(C)c12. The van der Waals surface area contributed by atoms with Gasteiger partial charge in [0, 0.05) is 5.39 Å². The molecule has 1 aromatic carbocycles. The van der Waals surface area contributed by atoms with Crippen LogP contribution >= 0.6 is 11.6 Å². The number of aryl methyl sites for hydroxylation is 1. The summed E-state index contributed by atoms with van der Waals surface area (Å²) in [4.78, 5) is 14.3. The molecule has 0 aliphatic rings. The van der Waals surface area contributed by atoms with Gasteiger partial charge in [-0.3, -0.25) is 4.79 Å².